The molecule has 2 aromatic carbocycles. The van der Waals surface area contributed by atoms with Gasteiger partial charge in [0, 0.05) is 11.6 Å². The molecule has 2 N–H and O–H groups in total. The first-order valence-electron chi connectivity index (χ1n) is 8.45. The molecule has 0 spiro atoms. The normalized spacial score (nSPS) is 14.3. The number of halogens is 3. The van der Waals surface area contributed by atoms with E-state index in [1.165, 1.54) is 25.3 Å². The minimum absolute atomic E-state index is 0.0468. The quantitative estimate of drug-likeness (QED) is 0.703. The Morgan fingerprint density at radius 3 is 2.31 bits per heavy atom. The average Bonchev–Trinajstić information content (AvgIpc) is 3.44. The van der Waals surface area contributed by atoms with E-state index < -0.39 is 28.0 Å². The Bertz CT molecular complexity index is 1000. The summed E-state index contributed by atoms with van der Waals surface area (Å²) >= 11 is 0. The van der Waals surface area contributed by atoms with E-state index in [0.29, 0.717) is 0 Å². The Kier molecular flexibility index (Phi) is 5.71. The molecule has 0 radical (unpaired) electrons. The summed E-state index contributed by atoms with van der Waals surface area (Å²) in [5, 5.41) is 2.51. The number of methoxy groups -OCH3 is 1. The van der Waals surface area contributed by atoms with Gasteiger partial charge in [0.25, 0.3) is 5.91 Å². The number of benzene rings is 2. The van der Waals surface area contributed by atoms with Crippen LogP contribution in [-0.2, 0) is 10.0 Å². The number of alkyl halides is 3. The highest BCUT2D eigenvalue weighted by Gasteiger charge is 2.31. The second-order valence-electron chi connectivity index (χ2n) is 6.28. The second-order valence-corrected chi connectivity index (χ2v) is 8.00. The SMILES string of the molecule is COc1ccc(S(=O)(=O)NC2CC2)cc1NC(=O)c1ccc(OC(F)(F)F)cc1. The van der Waals surface area contributed by atoms with Crippen molar-refractivity contribution >= 4 is 21.6 Å². The van der Waals surface area contributed by atoms with Gasteiger partial charge in [0.1, 0.15) is 11.5 Å². The first-order valence-corrected chi connectivity index (χ1v) is 9.93. The fourth-order valence-corrected chi connectivity index (χ4v) is 3.77. The number of anilines is 1. The van der Waals surface area contributed by atoms with Crippen LogP contribution in [0.2, 0.25) is 0 Å². The minimum Gasteiger partial charge on any atom is -0.495 e. The maximum Gasteiger partial charge on any atom is 0.573 e. The van der Waals surface area contributed by atoms with Crippen LogP contribution in [0.5, 0.6) is 11.5 Å². The fourth-order valence-electron chi connectivity index (χ4n) is 2.44. The summed E-state index contributed by atoms with van der Waals surface area (Å²) in [6.07, 6.45) is -3.29. The lowest BCUT2D eigenvalue weighted by Crippen LogP contribution is -2.26. The van der Waals surface area contributed by atoms with Gasteiger partial charge in [0.05, 0.1) is 17.7 Å². The van der Waals surface area contributed by atoms with Crippen molar-refractivity contribution in [1.29, 1.82) is 0 Å². The summed E-state index contributed by atoms with van der Waals surface area (Å²) in [6, 6.07) is 8.22. The van der Waals surface area contributed by atoms with Crippen LogP contribution in [0.4, 0.5) is 18.9 Å². The molecular weight excluding hydrogens is 413 g/mol. The van der Waals surface area contributed by atoms with E-state index in [-0.39, 0.29) is 27.9 Å². The molecular formula is C18H17F3N2O5S. The number of rotatable bonds is 7. The van der Waals surface area contributed by atoms with Crippen molar-refractivity contribution in [3.63, 3.8) is 0 Å². The Balaban J connectivity index is 1.79. The predicted molar refractivity (Wildman–Crippen MR) is 97.4 cm³/mol. The largest absolute Gasteiger partial charge is 0.573 e. The maximum atomic E-state index is 12.4. The number of amides is 1. The highest BCUT2D eigenvalue weighted by Crippen LogP contribution is 2.30. The molecule has 1 aliphatic rings. The third-order valence-electron chi connectivity index (χ3n) is 3.98. The Hall–Kier alpha value is -2.79. The van der Waals surface area contributed by atoms with Crippen LogP contribution >= 0.6 is 0 Å². The number of carbonyl (C=O) groups excluding carboxylic acids is 1. The molecule has 1 amide bonds. The lowest BCUT2D eigenvalue weighted by Gasteiger charge is -2.13. The van der Waals surface area contributed by atoms with Crippen molar-refractivity contribution in [1.82, 2.24) is 4.72 Å². The molecule has 0 unspecified atom stereocenters. The van der Waals surface area contributed by atoms with Crippen molar-refractivity contribution in [2.24, 2.45) is 0 Å². The van der Waals surface area contributed by atoms with E-state index in [4.69, 9.17) is 4.74 Å². The van der Waals surface area contributed by atoms with Crippen molar-refractivity contribution in [3.8, 4) is 11.5 Å². The molecule has 7 nitrogen and oxygen atoms in total. The smallest absolute Gasteiger partial charge is 0.495 e. The van der Waals surface area contributed by atoms with Gasteiger partial charge < -0.3 is 14.8 Å². The third kappa shape index (κ3) is 5.61. The molecule has 2 aromatic rings. The van der Waals surface area contributed by atoms with Crippen LogP contribution in [0.25, 0.3) is 0 Å². The minimum atomic E-state index is -4.84. The molecule has 29 heavy (non-hydrogen) atoms. The molecule has 11 heteroatoms. The Morgan fingerprint density at radius 2 is 1.76 bits per heavy atom. The third-order valence-corrected chi connectivity index (χ3v) is 5.50. The van der Waals surface area contributed by atoms with Crippen LogP contribution in [0.3, 0.4) is 0 Å². The van der Waals surface area contributed by atoms with Gasteiger partial charge in [-0.15, -0.1) is 13.2 Å². The Morgan fingerprint density at radius 1 is 1.10 bits per heavy atom. The first-order chi connectivity index (χ1) is 13.6. The summed E-state index contributed by atoms with van der Waals surface area (Å²) in [5.74, 6) is -0.904. The number of ether oxygens (including phenoxy) is 2. The lowest BCUT2D eigenvalue weighted by atomic mass is 10.2. The van der Waals surface area contributed by atoms with Crippen molar-refractivity contribution in [2.75, 3.05) is 12.4 Å². The standard InChI is InChI=1S/C18H17F3N2O5S/c1-27-16-9-8-14(29(25,26)23-12-4-5-12)10-15(16)22-17(24)11-2-6-13(7-3-11)28-18(19,20)21/h2-3,6-10,12,23H,4-5H2,1H3,(H,22,24). The topological polar surface area (TPSA) is 93.7 Å². The van der Waals surface area contributed by atoms with Gasteiger partial charge in [-0.25, -0.2) is 13.1 Å². The molecule has 1 saturated carbocycles. The van der Waals surface area contributed by atoms with Crippen molar-refractivity contribution < 1.29 is 35.9 Å². The van der Waals surface area contributed by atoms with Gasteiger partial charge in [0.2, 0.25) is 10.0 Å². The summed E-state index contributed by atoms with van der Waals surface area (Å²) in [4.78, 5) is 12.4. The molecule has 3 rings (SSSR count). The van der Waals surface area contributed by atoms with Crippen LogP contribution in [-0.4, -0.2) is 33.8 Å². The molecule has 156 valence electrons. The zero-order valence-corrected chi connectivity index (χ0v) is 15.9. The second kappa shape index (κ2) is 7.91. The van der Waals surface area contributed by atoms with Gasteiger partial charge in [-0.05, 0) is 55.3 Å². The molecule has 0 bridgehead atoms. The monoisotopic (exact) mass is 430 g/mol. The highest BCUT2D eigenvalue weighted by atomic mass is 32.2. The lowest BCUT2D eigenvalue weighted by molar-refractivity contribution is -0.274. The average molecular weight is 430 g/mol. The van der Waals surface area contributed by atoms with Crippen LogP contribution in [0.1, 0.15) is 23.2 Å². The molecule has 0 aliphatic heterocycles. The molecule has 0 aromatic heterocycles. The van der Waals surface area contributed by atoms with Crippen molar-refractivity contribution in [3.05, 3.63) is 48.0 Å². The van der Waals surface area contributed by atoms with Gasteiger partial charge in [-0.3, -0.25) is 4.79 Å². The summed E-state index contributed by atoms with van der Waals surface area (Å²) in [5.41, 5.74) is 0.151. The summed E-state index contributed by atoms with van der Waals surface area (Å²) in [6.45, 7) is 0. The van der Waals surface area contributed by atoms with Crippen LogP contribution in [0, 0.1) is 0 Å². The van der Waals surface area contributed by atoms with E-state index in [2.05, 4.69) is 14.8 Å². The zero-order valence-electron chi connectivity index (χ0n) is 15.1. The van der Waals surface area contributed by atoms with Gasteiger partial charge in [-0.1, -0.05) is 0 Å². The number of carbonyl (C=O) groups is 1. The molecule has 0 atom stereocenters. The van der Waals surface area contributed by atoms with Crippen molar-refractivity contribution in [2.45, 2.75) is 30.1 Å². The number of hydrogen-bond donors (Lipinski definition) is 2. The molecule has 1 fully saturated rings. The van der Waals surface area contributed by atoms with E-state index >= 15 is 0 Å². The maximum absolute atomic E-state index is 12.4. The van der Waals surface area contributed by atoms with Gasteiger partial charge >= 0.3 is 6.36 Å². The summed E-state index contributed by atoms with van der Waals surface area (Å²) < 4.78 is 72.8. The molecule has 1 aliphatic carbocycles. The number of nitrogens with one attached hydrogen (secondary N) is 2. The van der Waals surface area contributed by atoms with Crippen LogP contribution < -0.4 is 19.5 Å². The van der Waals surface area contributed by atoms with E-state index in [1.54, 1.807) is 0 Å². The number of hydrogen-bond acceptors (Lipinski definition) is 5. The van der Waals surface area contributed by atoms with Gasteiger partial charge in [0.15, 0.2) is 0 Å². The highest BCUT2D eigenvalue weighted by molar-refractivity contribution is 7.89. The van der Waals surface area contributed by atoms with Gasteiger partial charge in [-0.2, -0.15) is 0 Å². The van der Waals surface area contributed by atoms with E-state index in [0.717, 1.165) is 37.1 Å². The zero-order chi connectivity index (χ0) is 21.2. The fraction of sp³-hybridized carbons (Fsp3) is 0.278. The Labute approximate surface area is 164 Å². The number of sulfonamides is 1. The molecule has 0 saturated heterocycles. The summed E-state index contributed by atoms with van der Waals surface area (Å²) in [7, 11) is -2.40. The predicted octanol–water partition coefficient (Wildman–Crippen LogP) is 3.29. The molecule has 0 heterocycles. The van der Waals surface area contributed by atoms with Crippen LogP contribution in [0.15, 0.2) is 47.4 Å². The first kappa shape index (κ1) is 20.9. The van der Waals surface area contributed by atoms with E-state index in [9.17, 15) is 26.4 Å². The van der Waals surface area contributed by atoms with E-state index in [1.807, 2.05) is 0 Å².